The van der Waals surface area contributed by atoms with Crippen LogP contribution in [0.2, 0.25) is 0 Å². The minimum Gasteiger partial charge on any atom is -0.449 e. The number of rotatable bonds is 4. The SMILES string of the molecule is C[C@H](c1ccc(C2CCCCC2)cc1)c1cccnc1OC(=O)O. The molecule has 1 heterocycles. The quantitative estimate of drug-likeness (QED) is 0.771. The molecule has 0 bridgehead atoms. The van der Waals surface area contributed by atoms with Gasteiger partial charge in [0.2, 0.25) is 5.88 Å². The van der Waals surface area contributed by atoms with Gasteiger partial charge in [0.25, 0.3) is 0 Å². The van der Waals surface area contributed by atoms with E-state index in [9.17, 15) is 4.79 Å². The largest absolute Gasteiger partial charge is 0.512 e. The van der Waals surface area contributed by atoms with Crippen LogP contribution in [0.25, 0.3) is 0 Å². The summed E-state index contributed by atoms with van der Waals surface area (Å²) < 4.78 is 4.81. The van der Waals surface area contributed by atoms with Crippen molar-refractivity contribution >= 4 is 6.16 Å². The van der Waals surface area contributed by atoms with Crippen molar-refractivity contribution in [3.05, 3.63) is 59.3 Å². The second-order valence-electron chi connectivity index (χ2n) is 6.49. The highest BCUT2D eigenvalue weighted by atomic mass is 16.7. The number of carboxylic acid groups (broad SMARTS) is 1. The summed E-state index contributed by atoms with van der Waals surface area (Å²) in [6, 6.07) is 12.4. The fraction of sp³-hybridized carbons (Fsp3) is 0.400. The molecule has 0 spiro atoms. The van der Waals surface area contributed by atoms with Crippen LogP contribution in [0.3, 0.4) is 0 Å². The first-order valence-electron chi connectivity index (χ1n) is 8.60. The minimum atomic E-state index is -1.34. The third kappa shape index (κ3) is 3.75. The third-order valence-electron chi connectivity index (χ3n) is 4.96. The Balaban J connectivity index is 1.80. The Bertz CT molecular complexity index is 690. The summed E-state index contributed by atoms with van der Waals surface area (Å²) in [5.74, 6) is 0.870. The van der Waals surface area contributed by atoms with E-state index in [4.69, 9.17) is 9.84 Å². The topological polar surface area (TPSA) is 59.4 Å². The fourth-order valence-corrected chi connectivity index (χ4v) is 3.57. The van der Waals surface area contributed by atoms with Gasteiger partial charge in [-0.05, 0) is 36.0 Å². The molecule has 1 aromatic heterocycles. The van der Waals surface area contributed by atoms with Crippen LogP contribution >= 0.6 is 0 Å². The number of aromatic nitrogens is 1. The van der Waals surface area contributed by atoms with E-state index in [2.05, 4.69) is 29.2 Å². The summed E-state index contributed by atoms with van der Waals surface area (Å²) in [5.41, 5.74) is 3.34. The van der Waals surface area contributed by atoms with E-state index in [1.54, 1.807) is 12.3 Å². The average Bonchev–Trinajstić information content (AvgIpc) is 2.62. The second kappa shape index (κ2) is 7.47. The molecular weight excluding hydrogens is 302 g/mol. The summed E-state index contributed by atoms with van der Waals surface area (Å²) in [6.45, 7) is 2.04. The summed E-state index contributed by atoms with van der Waals surface area (Å²) >= 11 is 0. The first-order valence-corrected chi connectivity index (χ1v) is 8.60. The Hall–Kier alpha value is -2.36. The molecule has 1 aliphatic carbocycles. The first-order chi connectivity index (χ1) is 11.6. The fourth-order valence-electron chi connectivity index (χ4n) is 3.57. The Morgan fingerprint density at radius 2 is 1.88 bits per heavy atom. The zero-order valence-electron chi connectivity index (χ0n) is 13.9. The molecular formula is C20H23NO3. The molecule has 0 radical (unpaired) electrons. The highest BCUT2D eigenvalue weighted by Gasteiger charge is 2.18. The maximum absolute atomic E-state index is 10.8. The van der Waals surface area contributed by atoms with Gasteiger partial charge in [-0.2, -0.15) is 0 Å². The molecule has 1 atom stereocenters. The van der Waals surface area contributed by atoms with Crippen LogP contribution in [0.4, 0.5) is 4.79 Å². The lowest BCUT2D eigenvalue weighted by atomic mass is 9.83. The molecule has 4 heteroatoms. The van der Waals surface area contributed by atoms with Gasteiger partial charge in [0, 0.05) is 17.7 Å². The summed E-state index contributed by atoms with van der Waals surface area (Å²) in [4.78, 5) is 14.9. The molecule has 1 aliphatic rings. The maximum atomic E-state index is 10.8. The van der Waals surface area contributed by atoms with Crippen molar-refractivity contribution in [2.24, 2.45) is 0 Å². The second-order valence-corrected chi connectivity index (χ2v) is 6.49. The van der Waals surface area contributed by atoms with Crippen molar-refractivity contribution in [2.45, 2.75) is 50.9 Å². The van der Waals surface area contributed by atoms with Gasteiger partial charge in [0.05, 0.1) is 0 Å². The predicted molar refractivity (Wildman–Crippen MR) is 92.7 cm³/mol. The van der Waals surface area contributed by atoms with E-state index >= 15 is 0 Å². The van der Waals surface area contributed by atoms with Crippen molar-refractivity contribution in [1.29, 1.82) is 0 Å². The molecule has 0 aliphatic heterocycles. The highest BCUT2D eigenvalue weighted by Crippen LogP contribution is 2.35. The number of benzene rings is 1. The smallest absolute Gasteiger partial charge is 0.449 e. The van der Waals surface area contributed by atoms with Gasteiger partial charge in [-0.15, -0.1) is 0 Å². The Morgan fingerprint density at radius 1 is 1.17 bits per heavy atom. The Labute approximate surface area is 142 Å². The molecule has 1 N–H and O–H groups in total. The van der Waals surface area contributed by atoms with Gasteiger partial charge in [0.1, 0.15) is 0 Å². The maximum Gasteiger partial charge on any atom is 0.512 e. The molecule has 1 saturated carbocycles. The summed E-state index contributed by atoms with van der Waals surface area (Å²) in [5, 5.41) is 8.86. The zero-order chi connectivity index (χ0) is 16.9. The van der Waals surface area contributed by atoms with Crippen LogP contribution in [0.15, 0.2) is 42.6 Å². The summed E-state index contributed by atoms with van der Waals surface area (Å²) in [7, 11) is 0. The summed E-state index contributed by atoms with van der Waals surface area (Å²) in [6.07, 6.45) is 6.79. The number of nitrogens with zero attached hydrogens (tertiary/aromatic N) is 1. The molecule has 0 amide bonds. The molecule has 1 aromatic carbocycles. The number of hydrogen-bond donors (Lipinski definition) is 1. The highest BCUT2D eigenvalue weighted by molar-refractivity contribution is 5.61. The third-order valence-corrected chi connectivity index (χ3v) is 4.96. The lowest BCUT2D eigenvalue weighted by Crippen LogP contribution is -2.09. The van der Waals surface area contributed by atoms with Crippen LogP contribution in [0.5, 0.6) is 5.88 Å². The molecule has 3 rings (SSSR count). The Kier molecular flexibility index (Phi) is 5.14. The van der Waals surface area contributed by atoms with Crippen LogP contribution < -0.4 is 4.74 Å². The Morgan fingerprint density at radius 3 is 2.54 bits per heavy atom. The van der Waals surface area contributed by atoms with Gasteiger partial charge >= 0.3 is 6.16 Å². The number of pyridine rings is 1. The van der Waals surface area contributed by atoms with Crippen molar-refractivity contribution in [1.82, 2.24) is 4.98 Å². The number of carbonyl (C=O) groups is 1. The van der Waals surface area contributed by atoms with Crippen LogP contribution in [-0.4, -0.2) is 16.2 Å². The van der Waals surface area contributed by atoms with Crippen molar-refractivity contribution in [3.8, 4) is 5.88 Å². The van der Waals surface area contributed by atoms with Crippen molar-refractivity contribution in [3.63, 3.8) is 0 Å². The molecule has 126 valence electrons. The van der Waals surface area contributed by atoms with Crippen LogP contribution in [0.1, 0.15) is 67.6 Å². The van der Waals surface area contributed by atoms with Gasteiger partial charge < -0.3 is 9.84 Å². The number of hydrogen-bond acceptors (Lipinski definition) is 3. The van der Waals surface area contributed by atoms with E-state index in [1.807, 2.05) is 13.0 Å². The molecule has 0 saturated heterocycles. The van der Waals surface area contributed by atoms with E-state index in [0.29, 0.717) is 5.92 Å². The predicted octanol–water partition coefficient (Wildman–Crippen LogP) is 5.34. The van der Waals surface area contributed by atoms with Gasteiger partial charge in [-0.25, -0.2) is 9.78 Å². The zero-order valence-corrected chi connectivity index (χ0v) is 13.9. The van der Waals surface area contributed by atoms with Gasteiger partial charge in [-0.3, -0.25) is 0 Å². The molecule has 24 heavy (non-hydrogen) atoms. The minimum absolute atomic E-state index is 0.0217. The van der Waals surface area contributed by atoms with E-state index in [-0.39, 0.29) is 11.8 Å². The normalized spacial score (nSPS) is 16.5. The standard InChI is InChI=1S/C20H23NO3/c1-14(18-8-5-13-21-19(18)24-20(22)23)15-9-11-17(12-10-15)16-6-3-2-4-7-16/h5,8-14,16H,2-4,6-7H2,1H3,(H,22,23)/t14-/m1/s1. The first kappa shape index (κ1) is 16.5. The lowest BCUT2D eigenvalue weighted by Gasteiger charge is -2.22. The van der Waals surface area contributed by atoms with E-state index < -0.39 is 6.16 Å². The molecule has 2 aromatic rings. The molecule has 1 fully saturated rings. The van der Waals surface area contributed by atoms with Crippen molar-refractivity contribution < 1.29 is 14.6 Å². The van der Waals surface area contributed by atoms with Gasteiger partial charge in [-0.1, -0.05) is 56.5 Å². The lowest BCUT2D eigenvalue weighted by molar-refractivity contribution is 0.142. The van der Waals surface area contributed by atoms with Crippen LogP contribution in [0, 0.1) is 0 Å². The van der Waals surface area contributed by atoms with Crippen LogP contribution in [-0.2, 0) is 0 Å². The van der Waals surface area contributed by atoms with E-state index in [1.165, 1.54) is 37.7 Å². The monoisotopic (exact) mass is 325 g/mol. The molecule has 0 unspecified atom stereocenters. The van der Waals surface area contributed by atoms with Gasteiger partial charge in [0.15, 0.2) is 0 Å². The van der Waals surface area contributed by atoms with Crippen molar-refractivity contribution in [2.75, 3.05) is 0 Å². The molecule has 4 nitrogen and oxygen atoms in total. The number of ether oxygens (including phenoxy) is 1. The average molecular weight is 325 g/mol. The van der Waals surface area contributed by atoms with E-state index in [0.717, 1.165) is 11.1 Å².